The Morgan fingerprint density at radius 1 is 1.00 bits per heavy atom. The van der Waals surface area contributed by atoms with Crippen LogP contribution in [-0.4, -0.2) is 16.2 Å². The van der Waals surface area contributed by atoms with Crippen LogP contribution in [0.25, 0.3) is 0 Å². The van der Waals surface area contributed by atoms with Gasteiger partial charge in [-0.3, -0.25) is 0 Å². The van der Waals surface area contributed by atoms with E-state index in [9.17, 15) is 5.11 Å². The van der Waals surface area contributed by atoms with Crippen LogP contribution in [0.2, 0.25) is 0 Å². The molecule has 0 aromatic carbocycles. The van der Waals surface area contributed by atoms with Gasteiger partial charge in [0.15, 0.2) is 0 Å². The maximum Gasteiger partial charge on any atom is 0.0894 e. The third kappa shape index (κ3) is 2.01. The monoisotopic (exact) mass is 211 g/mol. The molecule has 0 rings (SSSR count). The average Bonchev–Trinajstić information content (AvgIpc) is 2.02. The van der Waals surface area contributed by atoms with E-state index in [0.717, 1.165) is 5.57 Å². The van der Waals surface area contributed by atoms with Gasteiger partial charge in [0.1, 0.15) is 0 Å². The molecule has 3 N–H and O–H groups in total. The van der Waals surface area contributed by atoms with Gasteiger partial charge in [0.25, 0.3) is 0 Å². The number of hydrogen-bond acceptors (Lipinski definition) is 2. The van der Waals surface area contributed by atoms with Crippen molar-refractivity contribution in [3.05, 3.63) is 24.3 Å². The van der Waals surface area contributed by atoms with Crippen molar-refractivity contribution in [2.45, 2.75) is 52.7 Å². The van der Waals surface area contributed by atoms with Gasteiger partial charge in [0.2, 0.25) is 0 Å². The van der Waals surface area contributed by atoms with Crippen molar-refractivity contribution < 1.29 is 5.11 Å². The van der Waals surface area contributed by atoms with Gasteiger partial charge < -0.3 is 10.8 Å². The predicted octanol–water partition coefficient (Wildman–Crippen LogP) is 2.63. The van der Waals surface area contributed by atoms with Crippen LogP contribution >= 0.6 is 0 Å². The van der Waals surface area contributed by atoms with Crippen LogP contribution in [0.3, 0.4) is 0 Å². The summed E-state index contributed by atoms with van der Waals surface area (Å²) >= 11 is 0. The summed E-state index contributed by atoms with van der Waals surface area (Å²) in [5.41, 5.74) is 5.64. The maximum atomic E-state index is 10.5. The minimum absolute atomic E-state index is 0.530. The lowest BCUT2D eigenvalue weighted by Crippen LogP contribution is -2.61. The number of aliphatic hydroxyl groups is 1. The zero-order valence-electron chi connectivity index (χ0n) is 10.9. The largest absolute Gasteiger partial charge is 0.385 e. The van der Waals surface area contributed by atoms with E-state index in [1.54, 1.807) is 6.92 Å². The van der Waals surface area contributed by atoms with E-state index in [0.29, 0.717) is 5.57 Å². The third-order valence-electron chi connectivity index (χ3n) is 4.23. The fourth-order valence-corrected chi connectivity index (χ4v) is 1.57. The van der Waals surface area contributed by atoms with Crippen molar-refractivity contribution in [2.24, 2.45) is 11.1 Å². The molecule has 0 heterocycles. The fourth-order valence-electron chi connectivity index (χ4n) is 1.57. The van der Waals surface area contributed by atoms with Crippen molar-refractivity contribution in [2.75, 3.05) is 0 Å². The fraction of sp³-hybridized carbons (Fsp3) is 0.692. The van der Waals surface area contributed by atoms with Gasteiger partial charge in [-0.15, -0.1) is 0 Å². The normalized spacial score (nSPS) is 20.3. The second kappa shape index (κ2) is 3.76. The molecule has 0 spiro atoms. The van der Waals surface area contributed by atoms with Gasteiger partial charge >= 0.3 is 0 Å². The molecule has 0 unspecified atom stereocenters. The first-order valence-corrected chi connectivity index (χ1v) is 5.22. The van der Waals surface area contributed by atoms with Gasteiger partial charge in [-0.2, -0.15) is 0 Å². The highest BCUT2D eigenvalue weighted by Gasteiger charge is 2.51. The molecule has 0 amide bonds. The summed E-state index contributed by atoms with van der Waals surface area (Å²) in [7, 11) is 0. The van der Waals surface area contributed by atoms with Crippen molar-refractivity contribution >= 4 is 0 Å². The van der Waals surface area contributed by atoms with Crippen LogP contribution in [-0.2, 0) is 0 Å². The van der Waals surface area contributed by atoms with Crippen molar-refractivity contribution in [1.82, 2.24) is 0 Å². The molecular formula is C13H25NO. The zero-order valence-corrected chi connectivity index (χ0v) is 10.9. The summed E-state index contributed by atoms with van der Waals surface area (Å²) < 4.78 is 0. The Balaban J connectivity index is 5.50. The molecule has 0 aliphatic heterocycles. The molecule has 88 valence electrons. The molecular weight excluding hydrogens is 186 g/mol. The predicted molar refractivity (Wildman–Crippen MR) is 66.6 cm³/mol. The molecule has 0 aliphatic carbocycles. The number of rotatable bonds is 4. The van der Waals surface area contributed by atoms with Crippen LogP contribution in [0.5, 0.6) is 0 Å². The standard InChI is InChI=1S/C13H25NO/c1-9(2)12(7,14)11(5,6)13(8,15)10(3)4/h15H,1,3,14H2,2,4-8H3/t12-,13-/m1/s1. The molecule has 0 fully saturated rings. The minimum atomic E-state index is -1.02. The lowest BCUT2D eigenvalue weighted by molar-refractivity contribution is -0.0503. The second-order valence-corrected chi connectivity index (χ2v) is 5.46. The molecule has 0 saturated heterocycles. The molecule has 2 atom stereocenters. The Bertz CT molecular complexity index is 257. The molecule has 0 saturated carbocycles. The molecule has 15 heavy (non-hydrogen) atoms. The van der Waals surface area contributed by atoms with E-state index in [1.165, 1.54) is 0 Å². The summed E-state index contributed by atoms with van der Waals surface area (Å²) in [5.74, 6) is 0. The van der Waals surface area contributed by atoms with Crippen LogP contribution in [0.4, 0.5) is 0 Å². The van der Waals surface area contributed by atoms with Gasteiger partial charge in [-0.25, -0.2) is 0 Å². The molecule has 2 heteroatoms. The van der Waals surface area contributed by atoms with Crippen LogP contribution in [0.15, 0.2) is 24.3 Å². The summed E-state index contributed by atoms with van der Waals surface area (Å²) in [6.07, 6.45) is 0. The number of hydrogen-bond donors (Lipinski definition) is 2. The smallest absolute Gasteiger partial charge is 0.0894 e. The average molecular weight is 211 g/mol. The zero-order chi connectivity index (χ0) is 12.7. The maximum absolute atomic E-state index is 10.5. The highest BCUT2D eigenvalue weighted by molar-refractivity contribution is 5.26. The van der Waals surface area contributed by atoms with Crippen molar-refractivity contribution in [3.63, 3.8) is 0 Å². The lowest BCUT2D eigenvalue weighted by atomic mass is 9.59. The Hall–Kier alpha value is -0.600. The third-order valence-corrected chi connectivity index (χ3v) is 4.23. The summed E-state index contributed by atoms with van der Waals surface area (Å²) in [4.78, 5) is 0. The van der Waals surface area contributed by atoms with E-state index >= 15 is 0 Å². The Kier molecular flexibility index (Phi) is 3.61. The molecule has 0 aromatic heterocycles. The van der Waals surface area contributed by atoms with Crippen molar-refractivity contribution in [1.29, 1.82) is 0 Å². The van der Waals surface area contributed by atoms with Gasteiger partial charge in [-0.05, 0) is 33.3 Å². The molecule has 0 radical (unpaired) electrons. The molecule has 0 bridgehead atoms. The lowest BCUT2D eigenvalue weighted by Gasteiger charge is -2.51. The van der Waals surface area contributed by atoms with E-state index in [4.69, 9.17) is 5.73 Å². The molecule has 0 aromatic rings. The molecule has 0 aliphatic rings. The summed E-state index contributed by atoms with van der Waals surface area (Å²) in [6.45, 7) is 19.0. The Labute approximate surface area is 93.9 Å². The number of nitrogens with two attached hydrogens (primary N) is 1. The summed E-state index contributed by atoms with van der Waals surface area (Å²) in [5, 5.41) is 10.5. The first-order valence-electron chi connectivity index (χ1n) is 5.22. The van der Waals surface area contributed by atoms with Crippen LogP contribution in [0, 0.1) is 5.41 Å². The topological polar surface area (TPSA) is 46.2 Å². The van der Waals surface area contributed by atoms with Gasteiger partial charge in [0, 0.05) is 11.0 Å². The Morgan fingerprint density at radius 3 is 1.53 bits per heavy atom. The van der Waals surface area contributed by atoms with Gasteiger partial charge in [0.05, 0.1) is 5.60 Å². The quantitative estimate of drug-likeness (QED) is 0.702. The first-order chi connectivity index (χ1) is 6.39. The van der Waals surface area contributed by atoms with Crippen LogP contribution < -0.4 is 5.73 Å². The highest BCUT2D eigenvalue weighted by Crippen LogP contribution is 2.45. The molecule has 2 nitrogen and oxygen atoms in total. The van der Waals surface area contributed by atoms with E-state index in [-0.39, 0.29) is 0 Å². The minimum Gasteiger partial charge on any atom is -0.385 e. The van der Waals surface area contributed by atoms with E-state index in [1.807, 2.05) is 34.6 Å². The van der Waals surface area contributed by atoms with E-state index in [2.05, 4.69) is 13.2 Å². The van der Waals surface area contributed by atoms with Gasteiger partial charge in [-0.1, -0.05) is 32.6 Å². The van der Waals surface area contributed by atoms with E-state index < -0.39 is 16.6 Å². The highest BCUT2D eigenvalue weighted by atomic mass is 16.3. The van der Waals surface area contributed by atoms with Crippen LogP contribution in [0.1, 0.15) is 41.5 Å². The summed E-state index contributed by atoms with van der Waals surface area (Å²) in [6, 6.07) is 0. The SMILES string of the molecule is C=C(C)[C@@](C)(N)C(C)(C)[C@](C)(O)C(=C)C. The second-order valence-electron chi connectivity index (χ2n) is 5.46. The van der Waals surface area contributed by atoms with Crippen molar-refractivity contribution in [3.8, 4) is 0 Å². The first kappa shape index (κ1) is 14.4. The Morgan fingerprint density at radius 2 is 1.33 bits per heavy atom.